The smallest absolute Gasteiger partial charge is 0.345 e. The maximum absolute atomic E-state index is 12.6. The molecular weight excluding hydrogens is 335 g/mol. The Bertz CT molecular complexity index is 598. The minimum Gasteiger partial charge on any atom is -0.345 e. The summed E-state index contributed by atoms with van der Waals surface area (Å²) in [5.74, 6) is 0. The third-order valence-corrected chi connectivity index (χ3v) is 5.17. The van der Waals surface area contributed by atoms with Crippen LogP contribution in [0.2, 0.25) is 0 Å². The molecule has 0 saturated carbocycles. The van der Waals surface area contributed by atoms with Gasteiger partial charge in [-0.05, 0) is 6.42 Å². The number of hydrogen-bond acceptors (Lipinski definition) is 7. The second-order valence-electron chi connectivity index (χ2n) is 4.97. The Labute approximate surface area is 133 Å². The van der Waals surface area contributed by atoms with Crippen LogP contribution in [0.4, 0.5) is 18.3 Å². The molecular formula is C12H14F3N5S2. The van der Waals surface area contributed by atoms with E-state index in [4.69, 9.17) is 0 Å². The molecule has 0 atom stereocenters. The van der Waals surface area contributed by atoms with Crippen LogP contribution in [0.3, 0.4) is 0 Å². The number of halogens is 3. The second-order valence-corrected chi connectivity index (χ2v) is 6.90. The van der Waals surface area contributed by atoms with Gasteiger partial charge in [-0.2, -0.15) is 13.2 Å². The molecule has 2 aromatic heterocycles. The molecule has 0 aliphatic carbocycles. The molecule has 1 aliphatic rings. The van der Waals surface area contributed by atoms with E-state index in [1.54, 1.807) is 16.8 Å². The Morgan fingerprint density at radius 1 is 1.14 bits per heavy atom. The van der Waals surface area contributed by atoms with Crippen molar-refractivity contribution in [3.05, 3.63) is 21.6 Å². The molecule has 1 fully saturated rings. The van der Waals surface area contributed by atoms with E-state index in [1.165, 1.54) is 4.88 Å². The predicted octanol–water partition coefficient (Wildman–Crippen LogP) is 2.73. The van der Waals surface area contributed by atoms with Crippen molar-refractivity contribution in [3.63, 3.8) is 0 Å². The zero-order valence-electron chi connectivity index (χ0n) is 11.6. The highest BCUT2D eigenvalue weighted by Gasteiger charge is 2.36. The van der Waals surface area contributed by atoms with E-state index in [0.717, 1.165) is 26.1 Å². The molecule has 120 valence electrons. The molecule has 0 amide bonds. The van der Waals surface area contributed by atoms with Crippen LogP contribution in [0.5, 0.6) is 0 Å². The molecule has 1 aliphatic heterocycles. The van der Waals surface area contributed by atoms with Crippen LogP contribution in [-0.2, 0) is 12.7 Å². The molecule has 1 saturated heterocycles. The van der Waals surface area contributed by atoms with Crippen molar-refractivity contribution < 1.29 is 13.2 Å². The molecule has 0 unspecified atom stereocenters. The monoisotopic (exact) mass is 349 g/mol. The predicted molar refractivity (Wildman–Crippen MR) is 79.1 cm³/mol. The molecule has 0 N–H and O–H groups in total. The van der Waals surface area contributed by atoms with Gasteiger partial charge in [0.2, 0.25) is 10.1 Å². The van der Waals surface area contributed by atoms with Crippen LogP contribution in [0.1, 0.15) is 16.3 Å². The number of alkyl halides is 3. The highest BCUT2D eigenvalue weighted by Crippen LogP contribution is 2.34. The number of hydrogen-bond donors (Lipinski definition) is 0. The van der Waals surface area contributed by atoms with E-state index >= 15 is 0 Å². The van der Waals surface area contributed by atoms with Crippen LogP contribution in [0.25, 0.3) is 0 Å². The largest absolute Gasteiger partial charge is 0.445 e. The summed E-state index contributed by atoms with van der Waals surface area (Å²) in [4.78, 5) is 9.43. The van der Waals surface area contributed by atoms with Gasteiger partial charge in [0, 0.05) is 43.8 Å². The molecule has 3 heterocycles. The zero-order chi connectivity index (χ0) is 15.6. The highest BCUT2D eigenvalue weighted by molar-refractivity contribution is 7.15. The summed E-state index contributed by atoms with van der Waals surface area (Å²) in [6.45, 7) is 3.90. The average Bonchev–Trinajstić information content (AvgIpc) is 3.08. The van der Waals surface area contributed by atoms with Gasteiger partial charge in [-0.25, -0.2) is 0 Å². The van der Waals surface area contributed by atoms with E-state index in [2.05, 4.69) is 20.1 Å². The Morgan fingerprint density at radius 2 is 2.00 bits per heavy atom. The molecule has 22 heavy (non-hydrogen) atoms. The summed E-state index contributed by atoms with van der Waals surface area (Å²) >= 11 is 2.23. The molecule has 0 spiro atoms. The SMILES string of the molecule is FC(F)(F)c1nnc(N2CCCN(Cc3cncs3)CC2)s1. The Balaban J connectivity index is 1.61. The van der Waals surface area contributed by atoms with Crippen molar-refractivity contribution in [2.45, 2.75) is 19.1 Å². The fraction of sp³-hybridized carbons (Fsp3) is 0.583. The summed E-state index contributed by atoms with van der Waals surface area (Å²) in [5, 5.41) is 6.42. The highest BCUT2D eigenvalue weighted by atomic mass is 32.1. The molecule has 2 aromatic rings. The van der Waals surface area contributed by atoms with E-state index in [0.29, 0.717) is 29.6 Å². The summed E-state index contributed by atoms with van der Waals surface area (Å²) in [5.41, 5.74) is 1.80. The third kappa shape index (κ3) is 3.73. The number of anilines is 1. The molecule has 10 heteroatoms. The van der Waals surface area contributed by atoms with Crippen LogP contribution in [0.15, 0.2) is 11.7 Å². The minimum absolute atomic E-state index is 0.354. The maximum Gasteiger partial charge on any atom is 0.445 e. The van der Waals surface area contributed by atoms with Crippen LogP contribution in [0, 0.1) is 0 Å². The standard InChI is InChI=1S/C12H14F3N5S2/c13-12(14,15)10-17-18-11(22-10)20-3-1-2-19(4-5-20)7-9-6-16-8-21-9/h6,8H,1-5,7H2. The lowest BCUT2D eigenvalue weighted by atomic mass is 10.4. The average molecular weight is 349 g/mol. The van der Waals surface area contributed by atoms with Gasteiger partial charge in [-0.1, -0.05) is 11.3 Å². The summed E-state index contributed by atoms with van der Waals surface area (Å²) < 4.78 is 37.8. The zero-order valence-corrected chi connectivity index (χ0v) is 13.2. The molecule has 0 radical (unpaired) electrons. The van der Waals surface area contributed by atoms with Crippen LogP contribution < -0.4 is 4.90 Å². The number of nitrogens with zero attached hydrogens (tertiary/aromatic N) is 5. The maximum atomic E-state index is 12.6. The molecule has 0 aromatic carbocycles. The molecule has 0 bridgehead atoms. The van der Waals surface area contributed by atoms with Gasteiger partial charge in [0.1, 0.15) is 0 Å². The Kier molecular flexibility index (Phi) is 4.59. The van der Waals surface area contributed by atoms with Crippen molar-refractivity contribution >= 4 is 27.8 Å². The van der Waals surface area contributed by atoms with Crippen molar-refractivity contribution in [1.29, 1.82) is 0 Å². The van der Waals surface area contributed by atoms with E-state index in [1.807, 2.05) is 11.1 Å². The lowest BCUT2D eigenvalue weighted by Gasteiger charge is -2.20. The van der Waals surface area contributed by atoms with Gasteiger partial charge in [-0.3, -0.25) is 9.88 Å². The Morgan fingerprint density at radius 3 is 2.68 bits per heavy atom. The summed E-state index contributed by atoms with van der Waals surface area (Å²) in [6, 6.07) is 0. The first-order chi connectivity index (χ1) is 10.5. The fourth-order valence-corrected chi connectivity index (χ4v) is 3.72. The van der Waals surface area contributed by atoms with E-state index in [9.17, 15) is 13.2 Å². The number of rotatable bonds is 3. The first kappa shape index (κ1) is 15.6. The topological polar surface area (TPSA) is 45.2 Å². The first-order valence-electron chi connectivity index (χ1n) is 6.78. The minimum atomic E-state index is -4.42. The number of aromatic nitrogens is 3. The second kappa shape index (κ2) is 6.47. The quantitative estimate of drug-likeness (QED) is 0.853. The fourth-order valence-electron chi connectivity index (χ4n) is 2.32. The Hall–Kier alpha value is -1.26. The normalized spacial score (nSPS) is 17.7. The van der Waals surface area contributed by atoms with Gasteiger partial charge in [-0.15, -0.1) is 21.5 Å². The lowest BCUT2D eigenvalue weighted by molar-refractivity contribution is -0.138. The van der Waals surface area contributed by atoms with Gasteiger partial charge >= 0.3 is 6.18 Å². The van der Waals surface area contributed by atoms with E-state index < -0.39 is 11.2 Å². The number of thiazole rings is 1. The van der Waals surface area contributed by atoms with Gasteiger partial charge < -0.3 is 4.90 Å². The van der Waals surface area contributed by atoms with Crippen LogP contribution in [-0.4, -0.2) is 46.3 Å². The van der Waals surface area contributed by atoms with Gasteiger partial charge in [0.05, 0.1) is 5.51 Å². The van der Waals surface area contributed by atoms with Crippen molar-refractivity contribution in [3.8, 4) is 0 Å². The van der Waals surface area contributed by atoms with Crippen molar-refractivity contribution in [2.24, 2.45) is 0 Å². The summed E-state index contributed by atoms with van der Waals surface area (Å²) in [7, 11) is 0. The van der Waals surface area contributed by atoms with E-state index in [-0.39, 0.29) is 0 Å². The summed E-state index contributed by atoms with van der Waals surface area (Å²) in [6.07, 6.45) is -1.67. The molecule has 5 nitrogen and oxygen atoms in total. The third-order valence-electron chi connectivity index (χ3n) is 3.38. The van der Waals surface area contributed by atoms with Gasteiger partial charge in [0.15, 0.2) is 0 Å². The molecule has 3 rings (SSSR count). The van der Waals surface area contributed by atoms with Crippen molar-refractivity contribution in [2.75, 3.05) is 31.1 Å². The first-order valence-corrected chi connectivity index (χ1v) is 8.47. The lowest BCUT2D eigenvalue weighted by Crippen LogP contribution is -2.30. The van der Waals surface area contributed by atoms with Crippen LogP contribution >= 0.6 is 22.7 Å². The van der Waals surface area contributed by atoms with Gasteiger partial charge in [0.25, 0.3) is 0 Å². The van der Waals surface area contributed by atoms with Crippen molar-refractivity contribution in [1.82, 2.24) is 20.1 Å².